The molecule has 0 radical (unpaired) electrons. The van der Waals surface area contributed by atoms with Crippen molar-refractivity contribution in [2.24, 2.45) is 11.1 Å². The zero-order valence-corrected chi connectivity index (χ0v) is 13.2. The lowest BCUT2D eigenvalue weighted by Crippen LogP contribution is -2.48. The van der Waals surface area contributed by atoms with Gasteiger partial charge in [0.25, 0.3) is 0 Å². The molecule has 3 N–H and O–H groups in total. The van der Waals surface area contributed by atoms with Crippen molar-refractivity contribution in [2.75, 3.05) is 26.4 Å². The third-order valence-corrected chi connectivity index (χ3v) is 4.10. The van der Waals surface area contributed by atoms with E-state index >= 15 is 0 Å². The molecule has 1 amide bonds. The smallest absolute Gasteiger partial charge is 0.422 e. The molecule has 0 atom stereocenters. The number of nitrogens with two attached hydrogens (primary N) is 1. The summed E-state index contributed by atoms with van der Waals surface area (Å²) in [5.41, 5.74) is 5.93. The number of hydrogen-bond acceptors (Lipinski definition) is 4. The first kappa shape index (κ1) is 18.5. The molecule has 5 nitrogen and oxygen atoms in total. The highest BCUT2D eigenvalue weighted by Gasteiger charge is 2.38. The van der Waals surface area contributed by atoms with Crippen LogP contribution in [0.3, 0.4) is 0 Å². The van der Waals surface area contributed by atoms with E-state index in [1.165, 1.54) is 12.1 Å². The summed E-state index contributed by atoms with van der Waals surface area (Å²) in [6, 6.07) is 6.12. The standard InChI is InChI=1S/C16H21F3N2O3/c17-16(18,19)11-24-13-3-1-12(2-4-13)9-21-14(22)15(10-20)5-7-23-8-6-15/h1-4H,5-11,20H2,(H,21,22). The van der Waals surface area contributed by atoms with E-state index in [0.717, 1.165) is 5.56 Å². The topological polar surface area (TPSA) is 73.6 Å². The molecule has 24 heavy (non-hydrogen) atoms. The minimum absolute atomic E-state index is 0.120. The number of halogens is 3. The van der Waals surface area contributed by atoms with E-state index in [-0.39, 0.29) is 24.7 Å². The van der Waals surface area contributed by atoms with E-state index in [2.05, 4.69) is 10.1 Å². The second-order valence-electron chi connectivity index (χ2n) is 5.83. The Balaban J connectivity index is 1.86. The fourth-order valence-corrected chi connectivity index (χ4v) is 2.52. The van der Waals surface area contributed by atoms with Crippen LogP contribution >= 0.6 is 0 Å². The van der Waals surface area contributed by atoms with Crippen molar-refractivity contribution >= 4 is 5.91 Å². The summed E-state index contributed by atoms with van der Waals surface area (Å²) in [7, 11) is 0. The Kier molecular flexibility index (Phi) is 6.06. The van der Waals surface area contributed by atoms with E-state index in [4.69, 9.17) is 10.5 Å². The van der Waals surface area contributed by atoms with Crippen molar-refractivity contribution in [1.29, 1.82) is 0 Å². The normalized spacial score (nSPS) is 17.3. The van der Waals surface area contributed by atoms with Crippen LogP contribution in [0.5, 0.6) is 5.75 Å². The molecule has 0 bridgehead atoms. The summed E-state index contributed by atoms with van der Waals surface area (Å²) in [6.45, 7) is 0.225. The molecule has 1 aromatic carbocycles. The first-order valence-corrected chi connectivity index (χ1v) is 7.69. The van der Waals surface area contributed by atoms with Crippen LogP contribution in [-0.2, 0) is 16.1 Å². The largest absolute Gasteiger partial charge is 0.484 e. The Hall–Kier alpha value is -1.80. The van der Waals surface area contributed by atoms with Gasteiger partial charge in [-0.15, -0.1) is 0 Å². The summed E-state index contributed by atoms with van der Waals surface area (Å²) in [4.78, 5) is 12.4. The predicted octanol–water partition coefficient (Wildman–Crippen LogP) is 2.00. The van der Waals surface area contributed by atoms with E-state index in [1.54, 1.807) is 12.1 Å². The zero-order valence-electron chi connectivity index (χ0n) is 13.2. The van der Waals surface area contributed by atoms with Gasteiger partial charge in [0.05, 0.1) is 5.41 Å². The molecule has 1 aliphatic heterocycles. The molecule has 8 heteroatoms. The lowest BCUT2D eigenvalue weighted by Gasteiger charge is -2.34. The highest BCUT2D eigenvalue weighted by molar-refractivity contribution is 5.83. The number of amides is 1. The Labute approximate surface area is 138 Å². The van der Waals surface area contributed by atoms with E-state index in [1.807, 2.05) is 0 Å². The molecular formula is C16H21F3N2O3. The van der Waals surface area contributed by atoms with Crippen LogP contribution in [0.4, 0.5) is 13.2 Å². The minimum atomic E-state index is -4.37. The van der Waals surface area contributed by atoms with Crippen molar-refractivity contribution in [3.63, 3.8) is 0 Å². The van der Waals surface area contributed by atoms with E-state index < -0.39 is 18.2 Å². The monoisotopic (exact) mass is 346 g/mol. The molecule has 1 saturated heterocycles. The van der Waals surface area contributed by atoms with Crippen molar-refractivity contribution in [2.45, 2.75) is 25.6 Å². The second-order valence-corrected chi connectivity index (χ2v) is 5.83. The van der Waals surface area contributed by atoms with Crippen LogP contribution in [0.2, 0.25) is 0 Å². The van der Waals surface area contributed by atoms with Gasteiger partial charge in [0.1, 0.15) is 5.75 Å². The van der Waals surface area contributed by atoms with Crippen molar-refractivity contribution in [1.82, 2.24) is 5.32 Å². The van der Waals surface area contributed by atoms with Crippen LogP contribution in [0, 0.1) is 5.41 Å². The first-order chi connectivity index (χ1) is 11.3. The summed E-state index contributed by atoms with van der Waals surface area (Å²) in [5, 5.41) is 2.84. The number of carbonyl (C=O) groups is 1. The summed E-state index contributed by atoms with van der Waals surface area (Å²) < 4.78 is 46.2. The fourth-order valence-electron chi connectivity index (χ4n) is 2.52. The molecule has 2 rings (SSSR count). The zero-order chi connectivity index (χ0) is 17.6. The Morgan fingerprint density at radius 3 is 2.42 bits per heavy atom. The lowest BCUT2D eigenvalue weighted by atomic mass is 9.79. The maximum atomic E-state index is 12.4. The third-order valence-electron chi connectivity index (χ3n) is 4.10. The summed E-state index contributed by atoms with van der Waals surface area (Å²) >= 11 is 0. The van der Waals surface area contributed by atoms with Gasteiger partial charge in [-0.25, -0.2) is 0 Å². The van der Waals surface area contributed by atoms with Crippen LogP contribution in [-0.4, -0.2) is 38.4 Å². The van der Waals surface area contributed by atoms with Gasteiger partial charge < -0.3 is 20.5 Å². The van der Waals surface area contributed by atoms with Gasteiger partial charge in [-0.1, -0.05) is 12.1 Å². The van der Waals surface area contributed by atoms with E-state index in [9.17, 15) is 18.0 Å². The quantitative estimate of drug-likeness (QED) is 0.826. The molecule has 0 aliphatic carbocycles. The molecule has 1 fully saturated rings. The number of hydrogen-bond donors (Lipinski definition) is 2. The Bertz CT molecular complexity index is 540. The third kappa shape index (κ3) is 5.10. The summed E-state index contributed by atoms with van der Waals surface area (Å²) in [5.74, 6) is 0.0101. The first-order valence-electron chi connectivity index (χ1n) is 7.69. The van der Waals surface area contributed by atoms with Crippen LogP contribution in [0.15, 0.2) is 24.3 Å². The number of ether oxygens (including phenoxy) is 2. The van der Waals surface area contributed by atoms with Gasteiger partial charge in [-0.2, -0.15) is 13.2 Å². The van der Waals surface area contributed by atoms with Crippen molar-refractivity contribution < 1.29 is 27.4 Å². The number of nitrogens with one attached hydrogen (secondary N) is 1. The summed E-state index contributed by atoms with van der Waals surface area (Å²) in [6.07, 6.45) is -3.20. The Morgan fingerprint density at radius 2 is 1.88 bits per heavy atom. The molecule has 0 spiro atoms. The molecular weight excluding hydrogens is 325 g/mol. The average Bonchev–Trinajstić information content (AvgIpc) is 2.58. The highest BCUT2D eigenvalue weighted by atomic mass is 19.4. The van der Waals surface area contributed by atoms with Gasteiger partial charge in [0.15, 0.2) is 6.61 Å². The van der Waals surface area contributed by atoms with Crippen LogP contribution in [0.25, 0.3) is 0 Å². The van der Waals surface area contributed by atoms with Crippen LogP contribution in [0.1, 0.15) is 18.4 Å². The fraction of sp³-hybridized carbons (Fsp3) is 0.562. The van der Waals surface area contributed by atoms with Gasteiger partial charge in [0, 0.05) is 26.3 Å². The molecule has 0 saturated carbocycles. The van der Waals surface area contributed by atoms with Crippen LogP contribution < -0.4 is 15.8 Å². The van der Waals surface area contributed by atoms with Gasteiger partial charge in [-0.05, 0) is 30.5 Å². The molecule has 0 unspecified atom stereocenters. The highest BCUT2D eigenvalue weighted by Crippen LogP contribution is 2.29. The lowest BCUT2D eigenvalue weighted by molar-refractivity contribution is -0.153. The molecule has 1 heterocycles. The molecule has 1 aliphatic rings. The maximum Gasteiger partial charge on any atom is 0.422 e. The number of benzene rings is 1. The van der Waals surface area contributed by atoms with Gasteiger partial charge >= 0.3 is 6.18 Å². The average molecular weight is 346 g/mol. The number of carbonyl (C=O) groups excluding carboxylic acids is 1. The van der Waals surface area contributed by atoms with Gasteiger partial charge in [0.2, 0.25) is 5.91 Å². The molecule has 0 aromatic heterocycles. The predicted molar refractivity (Wildman–Crippen MR) is 81.4 cm³/mol. The Morgan fingerprint density at radius 1 is 1.25 bits per heavy atom. The van der Waals surface area contributed by atoms with Crippen molar-refractivity contribution in [3.05, 3.63) is 29.8 Å². The molecule has 1 aromatic rings. The van der Waals surface area contributed by atoms with Crippen molar-refractivity contribution in [3.8, 4) is 5.75 Å². The number of alkyl halides is 3. The van der Waals surface area contributed by atoms with E-state index in [0.29, 0.717) is 26.1 Å². The molecule has 134 valence electrons. The second kappa shape index (κ2) is 7.85. The van der Waals surface area contributed by atoms with Gasteiger partial charge in [-0.3, -0.25) is 4.79 Å². The number of rotatable bonds is 6. The SMILES string of the molecule is NCC1(C(=O)NCc2ccc(OCC(F)(F)F)cc2)CCOCC1. The maximum absolute atomic E-state index is 12.4. The minimum Gasteiger partial charge on any atom is -0.484 e.